The molecule has 80 valence electrons. The van der Waals surface area contributed by atoms with Crippen molar-refractivity contribution in [2.45, 2.75) is 19.9 Å². The minimum atomic E-state index is -0.283. The molecular formula is C9H12N4O2. The second-order valence-electron chi connectivity index (χ2n) is 2.86. The number of rotatable bonds is 2. The van der Waals surface area contributed by atoms with Gasteiger partial charge in [-0.05, 0) is 13.8 Å². The van der Waals surface area contributed by atoms with Crippen molar-refractivity contribution < 1.29 is 9.47 Å². The van der Waals surface area contributed by atoms with Crippen LogP contribution in [0.5, 0.6) is 0 Å². The van der Waals surface area contributed by atoms with E-state index < -0.39 is 0 Å². The highest BCUT2D eigenvalue weighted by atomic mass is 16.5. The Kier molecular flexibility index (Phi) is 2.75. The smallest absolute Gasteiger partial charge is 0.321 e. The number of nitrogens with zero attached hydrogens (tertiary/aromatic N) is 4. The second-order valence-corrected chi connectivity index (χ2v) is 2.86. The lowest BCUT2D eigenvalue weighted by Crippen LogP contribution is -2.33. The van der Waals surface area contributed by atoms with Crippen LogP contribution in [0, 0.1) is 0 Å². The van der Waals surface area contributed by atoms with Crippen LogP contribution in [0.3, 0.4) is 0 Å². The molecule has 15 heavy (non-hydrogen) atoms. The first-order valence-electron chi connectivity index (χ1n) is 4.87. The fraction of sp³-hybridized carbons (Fsp3) is 0.556. The molecule has 0 bridgehead atoms. The van der Waals surface area contributed by atoms with Crippen molar-refractivity contribution in [1.82, 2.24) is 0 Å². The Labute approximate surface area is 87.5 Å². The standard InChI is InChI=1S/C9H12N4O2/c1-3-14-8-6-7(11-5-10-6)12-9(13-8)15-4-2/h5-6H,3-4H2,1-2H3. The van der Waals surface area contributed by atoms with Gasteiger partial charge < -0.3 is 9.47 Å². The van der Waals surface area contributed by atoms with Crippen molar-refractivity contribution in [3.05, 3.63) is 0 Å². The zero-order valence-electron chi connectivity index (χ0n) is 8.67. The number of amidine groups is 2. The lowest BCUT2D eigenvalue weighted by molar-refractivity contribution is 0.303. The molecule has 1 atom stereocenters. The van der Waals surface area contributed by atoms with Crippen LogP contribution in [0.4, 0.5) is 0 Å². The summed E-state index contributed by atoms with van der Waals surface area (Å²) in [6, 6.07) is 0.00982. The van der Waals surface area contributed by atoms with E-state index in [2.05, 4.69) is 20.0 Å². The average Bonchev–Trinajstić information content (AvgIpc) is 2.67. The Morgan fingerprint density at radius 3 is 2.73 bits per heavy atom. The predicted octanol–water partition coefficient (Wildman–Crippen LogP) is 0.637. The third-order valence-corrected chi connectivity index (χ3v) is 1.87. The highest BCUT2D eigenvalue weighted by molar-refractivity contribution is 6.20. The van der Waals surface area contributed by atoms with E-state index in [1.165, 1.54) is 6.34 Å². The van der Waals surface area contributed by atoms with Crippen molar-refractivity contribution in [1.29, 1.82) is 0 Å². The number of hydrogen-bond acceptors (Lipinski definition) is 6. The highest BCUT2D eigenvalue weighted by Gasteiger charge is 2.30. The topological polar surface area (TPSA) is 67.9 Å². The van der Waals surface area contributed by atoms with E-state index in [0.717, 1.165) is 0 Å². The fourth-order valence-electron chi connectivity index (χ4n) is 1.29. The molecule has 6 nitrogen and oxygen atoms in total. The molecule has 0 aromatic carbocycles. The quantitative estimate of drug-likeness (QED) is 0.668. The molecule has 0 amide bonds. The van der Waals surface area contributed by atoms with Crippen molar-refractivity contribution in [3.63, 3.8) is 0 Å². The lowest BCUT2D eigenvalue weighted by Gasteiger charge is -2.16. The molecule has 0 radical (unpaired) electrons. The van der Waals surface area contributed by atoms with E-state index in [1.807, 2.05) is 13.8 Å². The van der Waals surface area contributed by atoms with E-state index in [4.69, 9.17) is 9.47 Å². The summed E-state index contributed by atoms with van der Waals surface area (Å²) >= 11 is 0. The minimum absolute atomic E-state index is 0.283. The molecule has 2 aliphatic heterocycles. The van der Waals surface area contributed by atoms with Gasteiger partial charge in [0.1, 0.15) is 6.34 Å². The number of hydrogen-bond donors (Lipinski definition) is 0. The molecule has 0 saturated heterocycles. The van der Waals surface area contributed by atoms with Crippen molar-refractivity contribution >= 4 is 24.1 Å². The van der Waals surface area contributed by atoms with Crippen LogP contribution in [-0.4, -0.2) is 43.3 Å². The summed E-state index contributed by atoms with van der Waals surface area (Å²) in [6.07, 6.45) is 1.47. The van der Waals surface area contributed by atoms with Crippen LogP contribution < -0.4 is 0 Å². The molecule has 0 aliphatic carbocycles. The molecule has 2 aliphatic rings. The van der Waals surface area contributed by atoms with Gasteiger partial charge in [-0.2, -0.15) is 9.98 Å². The van der Waals surface area contributed by atoms with Gasteiger partial charge in [0.2, 0.25) is 5.90 Å². The third-order valence-electron chi connectivity index (χ3n) is 1.87. The maximum absolute atomic E-state index is 5.37. The van der Waals surface area contributed by atoms with Crippen LogP contribution in [0.2, 0.25) is 0 Å². The molecule has 0 spiro atoms. The summed E-state index contributed by atoms with van der Waals surface area (Å²) in [5, 5.41) is 0. The molecule has 0 saturated carbocycles. The highest BCUT2D eigenvalue weighted by Crippen LogP contribution is 2.12. The Morgan fingerprint density at radius 2 is 2.00 bits per heavy atom. The summed E-state index contributed by atoms with van der Waals surface area (Å²) in [7, 11) is 0. The summed E-state index contributed by atoms with van der Waals surface area (Å²) in [6.45, 7) is 4.82. The number of fused-ring (bicyclic) bond motifs is 1. The van der Waals surface area contributed by atoms with Gasteiger partial charge >= 0.3 is 6.02 Å². The Bertz CT molecular complexity index is 370. The summed E-state index contributed by atoms with van der Waals surface area (Å²) < 4.78 is 10.6. The largest absolute Gasteiger partial charge is 0.479 e. The van der Waals surface area contributed by atoms with Gasteiger partial charge in [0.25, 0.3) is 0 Å². The van der Waals surface area contributed by atoms with Crippen molar-refractivity contribution in [2.24, 2.45) is 20.0 Å². The van der Waals surface area contributed by atoms with Gasteiger partial charge in [-0.3, -0.25) is 4.99 Å². The molecule has 2 heterocycles. The summed E-state index contributed by atoms with van der Waals surface area (Å²) in [4.78, 5) is 16.4. The Morgan fingerprint density at radius 1 is 1.20 bits per heavy atom. The third kappa shape index (κ3) is 1.88. The first-order chi connectivity index (χ1) is 7.35. The van der Waals surface area contributed by atoms with Gasteiger partial charge in [-0.15, -0.1) is 0 Å². The van der Waals surface area contributed by atoms with E-state index in [1.54, 1.807) is 0 Å². The SMILES string of the molecule is CCOC1=NC2=NC=NC2C(OCC)=N1. The monoisotopic (exact) mass is 208 g/mol. The molecular weight excluding hydrogens is 196 g/mol. The summed E-state index contributed by atoms with van der Waals surface area (Å²) in [5.41, 5.74) is 0. The van der Waals surface area contributed by atoms with E-state index in [0.29, 0.717) is 31.0 Å². The van der Waals surface area contributed by atoms with Crippen LogP contribution in [0.25, 0.3) is 0 Å². The van der Waals surface area contributed by atoms with Gasteiger partial charge in [0.15, 0.2) is 11.9 Å². The Balaban J connectivity index is 2.23. The lowest BCUT2D eigenvalue weighted by atomic mass is 10.2. The van der Waals surface area contributed by atoms with E-state index in [9.17, 15) is 0 Å². The van der Waals surface area contributed by atoms with Gasteiger partial charge in [0.05, 0.1) is 13.2 Å². The minimum Gasteiger partial charge on any atom is -0.479 e. The second kappa shape index (κ2) is 4.20. The number of ether oxygens (including phenoxy) is 2. The summed E-state index contributed by atoms with van der Waals surface area (Å²) in [5.74, 6) is 1.08. The molecule has 1 unspecified atom stereocenters. The average molecular weight is 208 g/mol. The molecule has 0 N–H and O–H groups in total. The van der Waals surface area contributed by atoms with Crippen LogP contribution in [0.15, 0.2) is 20.0 Å². The van der Waals surface area contributed by atoms with Crippen LogP contribution in [0.1, 0.15) is 13.8 Å². The van der Waals surface area contributed by atoms with Gasteiger partial charge in [0, 0.05) is 0 Å². The van der Waals surface area contributed by atoms with Crippen molar-refractivity contribution in [2.75, 3.05) is 13.2 Å². The molecule has 0 aromatic rings. The van der Waals surface area contributed by atoms with E-state index >= 15 is 0 Å². The first kappa shape index (κ1) is 9.82. The zero-order valence-corrected chi connectivity index (χ0v) is 8.67. The van der Waals surface area contributed by atoms with Gasteiger partial charge in [-0.25, -0.2) is 4.99 Å². The Hall–Kier alpha value is -1.72. The van der Waals surface area contributed by atoms with Crippen molar-refractivity contribution in [3.8, 4) is 0 Å². The molecule has 0 aromatic heterocycles. The number of aliphatic imine (C=N–C) groups is 4. The molecule has 0 fully saturated rings. The fourth-order valence-corrected chi connectivity index (χ4v) is 1.29. The first-order valence-corrected chi connectivity index (χ1v) is 4.87. The maximum atomic E-state index is 5.37. The zero-order chi connectivity index (χ0) is 10.7. The van der Waals surface area contributed by atoms with E-state index in [-0.39, 0.29) is 6.04 Å². The molecule has 6 heteroatoms. The normalized spacial score (nSPS) is 22.8. The predicted molar refractivity (Wildman–Crippen MR) is 57.8 cm³/mol. The maximum Gasteiger partial charge on any atom is 0.321 e. The van der Waals surface area contributed by atoms with Crippen LogP contribution >= 0.6 is 0 Å². The van der Waals surface area contributed by atoms with Gasteiger partial charge in [-0.1, -0.05) is 0 Å². The molecule has 2 rings (SSSR count). The van der Waals surface area contributed by atoms with Crippen LogP contribution in [-0.2, 0) is 9.47 Å².